The molecule has 1 aromatic carbocycles. The first-order valence-corrected chi connectivity index (χ1v) is 10.1. The van der Waals surface area contributed by atoms with E-state index in [1.165, 1.54) is 17.3 Å². The van der Waals surface area contributed by atoms with Gasteiger partial charge in [0, 0.05) is 38.9 Å². The molecule has 0 aliphatic carbocycles. The van der Waals surface area contributed by atoms with Gasteiger partial charge in [0.2, 0.25) is 0 Å². The summed E-state index contributed by atoms with van der Waals surface area (Å²) in [6, 6.07) is 10.8. The summed E-state index contributed by atoms with van der Waals surface area (Å²) in [5, 5.41) is 9.18. The molecule has 4 rings (SSSR count). The summed E-state index contributed by atoms with van der Waals surface area (Å²) in [6.45, 7) is 1.50. The number of aliphatic hydroxyl groups excluding tert-OH is 1. The van der Waals surface area contributed by atoms with Crippen LogP contribution in [-0.4, -0.2) is 68.6 Å². The molecular weight excluding hydrogens is 386 g/mol. The van der Waals surface area contributed by atoms with Gasteiger partial charge in [-0.05, 0) is 24.8 Å². The highest BCUT2D eigenvalue weighted by atomic mass is 16.3. The van der Waals surface area contributed by atoms with Crippen LogP contribution in [0.4, 0.5) is 10.6 Å². The van der Waals surface area contributed by atoms with Crippen LogP contribution in [0.15, 0.2) is 47.5 Å². The van der Waals surface area contributed by atoms with Gasteiger partial charge in [-0.15, -0.1) is 0 Å². The molecule has 0 bridgehead atoms. The maximum absolute atomic E-state index is 13.4. The second kappa shape index (κ2) is 8.27. The van der Waals surface area contributed by atoms with Crippen LogP contribution in [0.25, 0.3) is 0 Å². The van der Waals surface area contributed by atoms with Crippen molar-refractivity contribution >= 4 is 17.8 Å². The number of nitrogens with one attached hydrogen (secondary N) is 1. The monoisotopic (exact) mass is 411 g/mol. The summed E-state index contributed by atoms with van der Waals surface area (Å²) in [7, 11) is 0. The highest BCUT2D eigenvalue weighted by molar-refractivity contribution is 6.07. The summed E-state index contributed by atoms with van der Waals surface area (Å²) in [5.74, 6) is 0.368. The zero-order valence-corrected chi connectivity index (χ0v) is 16.7. The number of aliphatic hydroxyl groups is 1. The van der Waals surface area contributed by atoms with Gasteiger partial charge < -0.3 is 19.9 Å². The van der Waals surface area contributed by atoms with E-state index in [1.54, 1.807) is 4.90 Å². The molecule has 0 atom stereocenters. The Morgan fingerprint density at radius 2 is 1.83 bits per heavy atom. The first kappa shape index (κ1) is 20.1. The minimum atomic E-state index is -0.917. The fourth-order valence-electron chi connectivity index (χ4n) is 4.31. The van der Waals surface area contributed by atoms with Crippen molar-refractivity contribution in [2.45, 2.75) is 31.3 Å². The molecule has 2 aromatic rings. The van der Waals surface area contributed by atoms with Crippen molar-refractivity contribution in [2.75, 3.05) is 31.1 Å². The highest BCUT2D eigenvalue weighted by Gasteiger charge is 2.57. The number of aromatic nitrogens is 2. The number of rotatable bonds is 6. The molecule has 2 aliphatic rings. The first-order valence-electron chi connectivity index (χ1n) is 10.1. The average molecular weight is 411 g/mol. The minimum Gasteiger partial charge on any atom is -0.396 e. The van der Waals surface area contributed by atoms with Gasteiger partial charge in [-0.2, -0.15) is 0 Å². The van der Waals surface area contributed by atoms with Crippen LogP contribution in [0.5, 0.6) is 0 Å². The van der Waals surface area contributed by atoms with Crippen LogP contribution < -0.4 is 10.5 Å². The first-order chi connectivity index (χ1) is 14.5. The van der Waals surface area contributed by atoms with E-state index >= 15 is 0 Å². The van der Waals surface area contributed by atoms with E-state index in [-0.39, 0.29) is 30.6 Å². The number of nitrogens with zero attached hydrogens (tertiary/aromatic N) is 4. The number of carbonyl (C=O) groups is 2. The van der Waals surface area contributed by atoms with E-state index in [1.807, 2.05) is 35.2 Å². The molecule has 0 radical (unpaired) electrons. The van der Waals surface area contributed by atoms with Gasteiger partial charge >= 0.3 is 6.03 Å². The summed E-state index contributed by atoms with van der Waals surface area (Å²) in [4.78, 5) is 49.8. The van der Waals surface area contributed by atoms with E-state index in [2.05, 4.69) is 9.97 Å². The Morgan fingerprint density at radius 1 is 1.10 bits per heavy atom. The lowest BCUT2D eigenvalue weighted by Gasteiger charge is -2.42. The van der Waals surface area contributed by atoms with Crippen molar-refractivity contribution in [2.24, 2.45) is 0 Å². The van der Waals surface area contributed by atoms with Gasteiger partial charge in [0.25, 0.3) is 11.5 Å². The summed E-state index contributed by atoms with van der Waals surface area (Å²) in [6.07, 6.45) is 2.63. The van der Waals surface area contributed by atoms with E-state index in [9.17, 15) is 19.5 Å². The Kier molecular flexibility index (Phi) is 5.54. The third-order valence-electron chi connectivity index (χ3n) is 5.92. The molecule has 0 unspecified atom stereocenters. The zero-order valence-electron chi connectivity index (χ0n) is 16.7. The van der Waals surface area contributed by atoms with E-state index in [0.717, 1.165) is 5.56 Å². The van der Waals surface area contributed by atoms with Gasteiger partial charge in [-0.1, -0.05) is 30.3 Å². The van der Waals surface area contributed by atoms with Crippen LogP contribution >= 0.6 is 0 Å². The Morgan fingerprint density at radius 3 is 2.50 bits per heavy atom. The number of piperidine rings is 1. The standard InChI is InChI=1S/C21H25N5O4/c27-12-4-9-25-19(29)21(26(20(25)30)14-16-5-2-1-3-6-16)7-10-24(11-8-21)17-13-18(28)23-15-22-17/h1-3,5-6,13,15,27H,4,7-12,14H2,(H,22,23,28). The van der Waals surface area contributed by atoms with Gasteiger partial charge in [-0.25, -0.2) is 9.78 Å². The second-order valence-corrected chi connectivity index (χ2v) is 7.68. The predicted octanol–water partition coefficient (Wildman–Crippen LogP) is 0.956. The Labute approximate surface area is 173 Å². The normalized spacial score (nSPS) is 18.5. The fraction of sp³-hybridized carbons (Fsp3) is 0.429. The number of benzene rings is 1. The molecular formula is C21H25N5O4. The predicted molar refractivity (Wildman–Crippen MR) is 110 cm³/mol. The molecule has 0 saturated carbocycles. The number of urea groups is 1. The quantitative estimate of drug-likeness (QED) is 0.685. The Bertz CT molecular complexity index is 969. The smallest absolute Gasteiger partial charge is 0.327 e. The third-order valence-corrected chi connectivity index (χ3v) is 5.92. The maximum atomic E-state index is 13.4. The molecule has 9 nitrogen and oxygen atoms in total. The van der Waals surface area contributed by atoms with Crippen LogP contribution in [0.3, 0.4) is 0 Å². The largest absolute Gasteiger partial charge is 0.396 e. The molecule has 1 aromatic heterocycles. The molecule has 9 heteroatoms. The summed E-state index contributed by atoms with van der Waals surface area (Å²) in [5.41, 5.74) is -0.186. The van der Waals surface area contributed by atoms with Crippen molar-refractivity contribution in [3.8, 4) is 0 Å². The van der Waals surface area contributed by atoms with Crippen LogP contribution in [0.1, 0.15) is 24.8 Å². The SMILES string of the molecule is O=C1N(CCCO)C(=O)C2(CCN(c3cc(=O)[nH]cn3)CC2)N1Cc1ccccc1. The van der Waals surface area contributed by atoms with Crippen LogP contribution in [0, 0.1) is 0 Å². The second-order valence-electron chi connectivity index (χ2n) is 7.68. The average Bonchev–Trinajstić information content (AvgIpc) is 2.95. The molecule has 2 saturated heterocycles. The number of H-pyrrole nitrogens is 1. The highest BCUT2D eigenvalue weighted by Crippen LogP contribution is 2.39. The number of carbonyl (C=O) groups excluding carboxylic acids is 2. The summed E-state index contributed by atoms with van der Waals surface area (Å²) < 4.78 is 0. The number of anilines is 1. The van der Waals surface area contributed by atoms with E-state index in [0.29, 0.717) is 44.7 Å². The van der Waals surface area contributed by atoms with Gasteiger partial charge in [-0.3, -0.25) is 14.5 Å². The van der Waals surface area contributed by atoms with E-state index < -0.39 is 5.54 Å². The van der Waals surface area contributed by atoms with Crippen molar-refractivity contribution in [1.29, 1.82) is 0 Å². The lowest BCUT2D eigenvalue weighted by atomic mass is 9.85. The van der Waals surface area contributed by atoms with Crippen molar-refractivity contribution in [1.82, 2.24) is 19.8 Å². The van der Waals surface area contributed by atoms with Gasteiger partial charge in [0.1, 0.15) is 11.4 Å². The lowest BCUT2D eigenvalue weighted by molar-refractivity contribution is -0.134. The molecule has 158 valence electrons. The lowest BCUT2D eigenvalue weighted by Crippen LogP contribution is -2.56. The number of hydrogen-bond acceptors (Lipinski definition) is 6. The molecule has 2 aliphatic heterocycles. The van der Waals surface area contributed by atoms with Crippen molar-refractivity contribution in [3.05, 3.63) is 58.6 Å². The number of hydrogen-bond donors (Lipinski definition) is 2. The minimum absolute atomic E-state index is 0.0786. The number of aromatic amines is 1. The maximum Gasteiger partial charge on any atom is 0.327 e. The number of imide groups is 1. The third kappa shape index (κ3) is 3.56. The number of amides is 3. The summed E-state index contributed by atoms with van der Waals surface area (Å²) >= 11 is 0. The van der Waals surface area contributed by atoms with Crippen LogP contribution in [0.2, 0.25) is 0 Å². The topological polar surface area (TPSA) is 110 Å². The van der Waals surface area contributed by atoms with Crippen molar-refractivity contribution < 1.29 is 14.7 Å². The van der Waals surface area contributed by atoms with Gasteiger partial charge in [0.15, 0.2) is 0 Å². The van der Waals surface area contributed by atoms with Gasteiger partial charge in [0.05, 0.1) is 6.33 Å². The molecule has 2 N–H and O–H groups in total. The molecule has 30 heavy (non-hydrogen) atoms. The van der Waals surface area contributed by atoms with Crippen molar-refractivity contribution in [3.63, 3.8) is 0 Å². The van der Waals surface area contributed by atoms with E-state index in [4.69, 9.17) is 0 Å². The molecule has 2 fully saturated rings. The molecule has 3 amide bonds. The Balaban J connectivity index is 1.60. The fourth-order valence-corrected chi connectivity index (χ4v) is 4.31. The molecule has 3 heterocycles. The zero-order chi connectivity index (χ0) is 21.1. The van der Waals surface area contributed by atoms with Crippen LogP contribution in [-0.2, 0) is 11.3 Å². The Hall–Kier alpha value is -3.20. The molecule has 1 spiro atoms.